The van der Waals surface area contributed by atoms with Gasteiger partial charge in [-0.25, -0.2) is 17.9 Å². The van der Waals surface area contributed by atoms with Crippen LogP contribution in [-0.2, 0) is 14.8 Å². The number of hydrogen-bond acceptors (Lipinski definition) is 5. The number of anilines is 1. The van der Waals surface area contributed by atoms with E-state index in [0.717, 1.165) is 11.6 Å². The second-order valence-electron chi connectivity index (χ2n) is 6.27. The molecule has 2 unspecified atom stereocenters. The number of carbonyl (C=O) groups is 1. The molecule has 0 radical (unpaired) electrons. The summed E-state index contributed by atoms with van der Waals surface area (Å²) in [7, 11) is -2.34. The maximum Gasteiger partial charge on any atom is 0.337 e. The first kappa shape index (κ1) is 20.9. The van der Waals surface area contributed by atoms with Gasteiger partial charge in [-0.1, -0.05) is 30.3 Å². The second-order valence-corrected chi connectivity index (χ2v) is 7.98. The van der Waals surface area contributed by atoms with E-state index in [1.165, 1.54) is 12.1 Å². The minimum Gasteiger partial charge on any atom is -0.478 e. The van der Waals surface area contributed by atoms with Gasteiger partial charge in [0.15, 0.2) is 0 Å². The van der Waals surface area contributed by atoms with Gasteiger partial charge in [0, 0.05) is 24.9 Å². The molecule has 0 fully saturated rings. The first-order chi connectivity index (χ1) is 12.7. The van der Waals surface area contributed by atoms with Crippen LogP contribution in [0.3, 0.4) is 0 Å². The molecule has 0 saturated carbocycles. The summed E-state index contributed by atoms with van der Waals surface area (Å²) in [5, 5.41) is 12.5. The van der Waals surface area contributed by atoms with E-state index in [-0.39, 0.29) is 16.5 Å². The van der Waals surface area contributed by atoms with Crippen LogP contribution in [0.15, 0.2) is 53.4 Å². The lowest BCUT2D eigenvalue weighted by Crippen LogP contribution is -2.27. The fourth-order valence-electron chi connectivity index (χ4n) is 2.66. The van der Waals surface area contributed by atoms with Crippen molar-refractivity contribution in [1.29, 1.82) is 0 Å². The zero-order valence-electron chi connectivity index (χ0n) is 15.5. The summed E-state index contributed by atoms with van der Waals surface area (Å²) in [5.74, 6) is -1.21. The van der Waals surface area contributed by atoms with Crippen LogP contribution < -0.4 is 10.0 Å². The topological polar surface area (TPSA) is 105 Å². The van der Waals surface area contributed by atoms with E-state index >= 15 is 0 Å². The average Bonchev–Trinajstić information content (AvgIpc) is 2.62. The molecule has 27 heavy (non-hydrogen) atoms. The Balaban J connectivity index is 2.29. The minimum absolute atomic E-state index is 0.104. The van der Waals surface area contributed by atoms with Crippen molar-refractivity contribution in [3.63, 3.8) is 0 Å². The Hall–Kier alpha value is -2.42. The van der Waals surface area contributed by atoms with Crippen LogP contribution in [0.1, 0.15) is 35.8 Å². The van der Waals surface area contributed by atoms with Crippen LogP contribution in [0.4, 0.5) is 5.69 Å². The lowest BCUT2D eigenvalue weighted by Gasteiger charge is -2.18. The number of methoxy groups -OCH3 is 1. The number of rotatable bonds is 9. The molecule has 0 saturated heterocycles. The molecule has 0 aliphatic rings. The Kier molecular flexibility index (Phi) is 6.95. The lowest BCUT2D eigenvalue weighted by atomic mass is 10.1. The van der Waals surface area contributed by atoms with Crippen LogP contribution in [0.5, 0.6) is 0 Å². The molecule has 0 spiro atoms. The molecule has 0 bridgehead atoms. The summed E-state index contributed by atoms with van der Waals surface area (Å²) in [6, 6.07) is 12.5. The van der Waals surface area contributed by atoms with Crippen molar-refractivity contribution in [1.82, 2.24) is 4.72 Å². The predicted molar refractivity (Wildman–Crippen MR) is 104 cm³/mol. The fourth-order valence-corrected chi connectivity index (χ4v) is 3.92. The molecule has 7 nitrogen and oxygen atoms in total. The number of carboxylic acid groups (broad SMARTS) is 1. The van der Waals surface area contributed by atoms with E-state index in [1.807, 2.05) is 37.3 Å². The van der Waals surface area contributed by atoms with Crippen molar-refractivity contribution in [3.8, 4) is 0 Å². The van der Waals surface area contributed by atoms with E-state index in [1.54, 1.807) is 14.0 Å². The third-order valence-electron chi connectivity index (χ3n) is 3.98. The molecule has 2 rings (SSSR count). The molecule has 0 aromatic heterocycles. The summed E-state index contributed by atoms with van der Waals surface area (Å²) >= 11 is 0. The molecule has 0 aliphatic heterocycles. The van der Waals surface area contributed by atoms with E-state index in [4.69, 9.17) is 4.74 Å². The number of sulfonamides is 1. The van der Waals surface area contributed by atoms with Crippen LogP contribution >= 0.6 is 0 Å². The number of carboxylic acids is 1. The molecule has 0 heterocycles. The highest BCUT2D eigenvalue weighted by atomic mass is 32.2. The number of nitrogens with one attached hydrogen (secondary N) is 2. The van der Waals surface area contributed by atoms with Gasteiger partial charge in [-0.3, -0.25) is 0 Å². The Morgan fingerprint density at radius 1 is 1.15 bits per heavy atom. The van der Waals surface area contributed by atoms with Gasteiger partial charge < -0.3 is 15.2 Å². The third kappa shape index (κ3) is 5.53. The Morgan fingerprint density at radius 2 is 1.81 bits per heavy atom. The normalized spacial score (nSPS) is 13.7. The second kappa shape index (κ2) is 8.98. The molecule has 2 atom stereocenters. The van der Waals surface area contributed by atoms with Crippen molar-refractivity contribution in [2.45, 2.75) is 30.8 Å². The molecule has 8 heteroatoms. The quantitative estimate of drug-likeness (QED) is 0.606. The van der Waals surface area contributed by atoms with Crippen molar-refractivity contribution in [3.05, 3.63) is 59.7 Å². The Labute approximate surface area is 159 Å². The zero-order valence-corrected chi connectivity index (χ0v) is 16.3. The number of benzene rings is 2. The van der Waals surface area contributed by atoms with Crippen molar-refractivity contribution < 1.29 is 23.1 Å². The van der Waals surface area contributed by atoms with E-state index in [2.05, 4.69) is 10.0 Å². The molecule has 0 aliphatic carbocycles. The van der Waals surface area contributed by atoms with Crippen LogP contribution in [-0.4, -0.2) is 39.3 Å². The molecular formula is C19H24N2O5S. The van der Waals surface area contributed by atoms with E-state index < -0.39 is 22.0 Å². The fraction of sp³-hybridized carbons (Fsp3) is 0.316. The molecule has 146 valence electrons. The number of hydrogen-bond donors (Lipinski definition) is 3. The predicted octanol–water partition coefficient (Wildman–Crippen LogP) is 2.87. The maximum absolute atomic E-state index is 12.7. The van der Waals surface area contributed by atoms with Crippen LogP contribution in [0, 0.1) is 0 Å². The van der Waals surface area contributed by atoms with Gasteiger partial charge in [0.1, 0.15) is 0 Å². The number of ether oxygens (including phenoxy) is 1. The van der Waals surface area contributed by atoms with Gasteiger partial charge in [0.25, 0.3) is 0 Å². The van der Waals surface area contributed by atoms with Crippen molar-refractivity contribution in [2.75, 3.05) is 19.0 Å². The van der Waals surface area contributed by atoms with E-state index in [0.29, 0.717) is 12.3 Å². The summed E-state index contributed by atoms with van der Waals surface area (Å²) in [6.07, 6.45) is 0. The van der Waals surface area contributed by atoms with Gasteiger partial charge in [-0.05, 0) is 37.6 Å². The Bertz CT molecular complexity index is 884. The molecular weight excluding hydrogens is 368 g/mol. The molecule has 2 aromatic carbocycles. The summed E-state index contributed by atoms with van der Waals surface area (Å²) in [4.78, 5) is 11.5. The summed E-state index contributed by atoms with van der Waals surface area (Å²) < 4.78 is 33.0. The monoisotopic (exact) mass is 392 g/mol. The highest BCUT2D eigenvalue weighted by Gasteiger charge is 2.22. The van der Waals surface area contributed by atoms with Gasteiger partial charge in [0.05, 0.1) is 17.1 Å². The maximum atomic E-state index is 12.7. The molecule has 2 aromatic rings. The molecule has 3 N–H and O–H groups in total. The highest BCUT2D eigenvalue weighted by Crippen LogP contribution is 2.23. The van der Waals surface area contributed by atoms with Crippen LogP contribution in [0.2, 0.25) is 0 Å². The van der Waals surface area contributed by atoms with Gasteiger partial charge >= 0.3 is 5.97 Å². The van der Waals surface area contributed by atoms with Gasteiger partial charge in [-0.2, -0.15) is 0 Å². The summed E-state index contributed by atoms with van der Waals surface area (Å²) in [5.41, 5.74) is 1.03. The first-order valence-electron chi connectivity index (χ1n) is 8.44. The van der Waals surface area contributed by atoms with Crippen LogP contribution in [0.25, 0.3) is 0 Å². The standard InChI is InChI=1S/C19H24N2O5S/c1-13(12-26-3)20-18-10-9-16(11-17(18)19(22)23)27(24,25)21-14(2)15-7-5-4-6-8-15/h4-11,13-14,20-21H,12H2,1-3H3,(H,22,23). The van der Waals surface area contributed by atoms with Crippen molar-refractivity contribution >= 4 is 21.7 Å². The summed E-state index contributed by atoms with van der Waals surface area (Å²) in [6.45, 7) is 3.95. The smallest absolute Gasteiger partial charge is 0.337 e. The average molecular weight is 392 g/mol. The van der Waals surface area contributed by atoms with E-state index in [9.17, 15) is 18.3 Å². The zero-order chi connectivity index (χ0) is 20.0. The minimum atomic E-state index is -3.88. The SMILES string of the molecule is COCC(C)Nc1ccc(S(=O)(=O)NC(C)c2ccccc2)cc1C(=O)O. The van der Waals surface area contributed by atoms with Crippen molar-refractivity contribution in [2.24, 2.45) is 0 Å². The highest BCUT2D eigenvalue weighted by molar-refractivity contribution is 7.89. The first-order valence-corrected chi connectivity index (χ1v) is 9.93. The van der Waals surface area contributed by atoms with Gasteiger partial charge in [-0.15, -0.1) is 0 Å². The lowest BCUT2D eigenvalue weighted by molar-refractivity contribution is 0.0697. The molecule has 0 amide bonds. The third-order valence-corrected chi connectivity index (χ3v) is 5.52. The largest absolute Gasteiger partial charge is 0.478 e. The number of aromatic carboxylic acids is 1. The Morgan fingerprint density at radius 3 is 2.41 bits per heavy atom. The van der Waals surface area contributed by atoms with Gasteiger partial charge in [0.2, 0.25) is 10.0 Å².